The zero-order valence-corrected chi connectivity index (χ0v) is 39.2. The van der Waals surface area contributed by atoms with Crippen molar-refractivity contribution in [1.29, 1.82) is 0 Å². The van der Waals surface area contributed by atoms with E-state index in [1.165, 1.54) is 92.2 Å². The van der Waals surface area contributed by atoms with Crippen LogP contribution in [0, 0.1) is 11.8 Å². The van der Waals surface area contributed by atoms with Gasteiger partial charge < -0.3 is 9.88 Å². The lowest BCUT2D eigenvalue weighted by atomic mass is 9.89. The van der Waals surface area contributed by atoms with E-state index in [-0.39, 0.29) is 23.9 Å². The normalized spacial score (nSPS) is 19.2. The number of thiophene rings is 1. The van der Waals surface area contributed by atoms with Crippen LogP contribution >= 0.6 is 11.3 Å². The number of hydrogen-bond acceptors (Lipinski definition) is 4. The highest BCUT2D eigenvalue weighted by molar-refractivity contribution is 7.26. The zero-order chi connectivity index (χ0) is 46.0. The number of aliphatic imine (C=N–C) groups is 2. The van der Waals surface area contributed by atoms with Gasteiger partial charge in [0.2, 0.25) is 0 Å². The monoisotopic (exact) mass is 904 g/mol. The molecule has 2 aliphatic carbocycles. The standard InChI is InChI=1S/C64H48N4S/c1-3-18-40(4-2)62-65-63(47-23-12-7-13-24-47)67-64(66-62)53-39-52(45-33-29-43(30-34-45)41-19-8-5-9-20-41)59(58-56(57(53)58)46-35-31-44(32-36-46)42-21-10-6-11-22-42)68-54-27-16-14-25-48(54)50-37-38-51-49-26-15-17-28-55(49)69-61(51)60(50)68/h3-39,56-58,63H,1-2H3,(H,65,66,67)/b18-3-,40-4+. The van der Waals surface area contributed by atoms with Gasteiger partial charge in [-0.2, -0.15) is 0 Å². The smallest absolute Gasteiger partial charge is 0.159 e. The second kappa shape index (κ2) is 16.9. The van der Waals surface area contributed by atoms with Crippen molar-refractivity contribution >= 4 is 76.3 Å². The van der Waals surface area contributed by atoms with Gasteiger partial charge in [0.15, 0.2) is 5.84 Å². The minimum Gasteiger partial charge on any atom is -0.344 e. The Hall–Kier alpha value is -8.12. The van der Waals surface area contributed by atoms with E-state index in [0.717, 1.165) is 22.8 Å². The summed E-state index contributed by atoms with van der Waals surface area (Å²) in [6.45, 7) is 4.13. The van der Waals surface area contributed by atoms with E-state index in [1.807, 2.05) is 11.3 Å². The SMILES string of the molecule is C/C=C\C(=C/C)C1=NC(c2ccccc2)NC(C2=CC(c3ccc(-c4ccccc4)cc3)=C(n3c4ccccc4c4ccc5c6ccccc6sc5c43)C3C2C3c2ccc(-c3ccccc3)cc2)=N1. The van der Waals surface area contributed by atoms with Crippen molar-refractivity contribution < 1.29 is 0 Å². The molecule has 8 aromatic carbocycles. The Morgan fingerprint density at radius 1 is 0.536 bits per heavy atom. The molecule has 1 saturated carbocycles. The third kappa shape index (κ3) is 6.95. The van der Waals surface area contributed by atoms with E-state index in [9.17, 15) is 0 Å². The van der Waals surface area contributed by atoms with Gasteiger partial charge in [0.25, 0.3) is 0 Å². The fraction of sp³-hybridized carbons (Fsp3) is 0.0938. The molecular weight excluding hydrogens is 857 g/mol. The summed E-state index contributed by atoms with van der Waals surface area (Å²) in [4.78, 5) is 10.8. The summed E-state index contributed by atoms with van der Waals surface area (Å²) in [6.07, 6.45) is 8.49. The highest BCUT2D eigenvalue weighted by Gasteiger charge is 2.59. The van der Waals surface area contributed by atoms with Crippen LogP contribution in [0.3, 0.4) is 0 Å². The van der Waals surface area contributed by atoms with Gasteiger partial charge in [-0.05, 0) is 76.6 Å². The molecule has 330 valence electrons. The molecule has 3 heterocycles. The van der Waals surface area contributed by atoms with Crippen LogP contribution < -0.4 is 5.32 Å². The largest absolute Gasteiger partial charge is 0.344 e. The van der Waals surface area contributed by atoms with Crippen LogP contribution in [0.25, 0.3) is 75.5 Å². The van der Waals surface area contributed by atoms with Crippen molar-refractivity contribution in [3.8, 4) is 22.3 Å². The minimum absolute atomic E-state index is 0.124. The number of nitrogens with one attached hydrogen (secondary N) is 1. The van der Waals surface area contributed by atoms with Crippen LogP contribution in [0.1, 0.15) is 42.6 Å². The predicted octanol–water partition coefficient (Wildman–Crippen LogP) is 16.5. The van der Waals surface area contributed by atoms with E-state index in [0.29, 0.717) is 0 Å². The van der Waals surface area contributed by atoms with E-state index in [1.54, 1.807) is 0 Å². The maximum Gasteiger partial charge on any atom is 0.159 e. The first-order chi connectivity index (χ1) is 34.1. The highest BCUT2D eigenvalue weighted by Crippen LogP contribution is 2.67. The molecule has 0 spiro atoms. The molecule has 0 radical (unpaired) electrons. The summed E-state index contributed by atoms with van der Waals surface area (Å²) in [7, 11) is 0. The third-order valence-corrected chi connectivity index (χ3v) is 15.6. The van der Waals surface area contributed by atoms with E-state index in [2.05, 4.69) is 248 Å². The number of fused-ring (bicyclic) bond motifs is 8. The molecule has 1 fully saturated rings. The molecule has 3 aliphatic rings. The number of rotatable bonds is 9. The second-order valence-corrected chi connectivity index (χ2v) is 19.4. The summed E-state index contributed by atoms with van der Waals surface area (Å²) in [5.74, 6) is 2.04. The van der Waals surface area contributed by atoms with Crippen molar-refractivity contribution in [2.75, 3.05) is 0 Å². The van der Waals surface area contributed by atoms with Gasteiger partial charge in [-0.15, -0.1) is 11.3 Å². The van der Waals surface area contributed by atoms with Crippen molar-refractivity contribution in [1.82, 2.24) is 9.88 Å². The van der Waals surface area contributed by atoms with Crippen LogP contribution in [0.15, 0.2) is 246 Å². The third-order valence-electron chi connectivity index (χ3n) is 14.4. The Bertz CT molecular complexity index is 3810. The number of allylic oxidation sites excluding steroid dienone is 5. The molecule has 0 amide bonds. The Kier molecular flexibility index (Phi) is 10.1. The number of nitrogens with zero attached hydrogens (tertiary/aromatic N) is 3. The fourth-order valence-electron chi connectivity index (χ4n) is 11.2. The first-order valence-electron chi connectivity index (χ1n) is 24.0. The lowest BCUT2D eigenvalue weighted by molar-refractivity contribution is 0.669. The van der Waals surface area contributed by atoms with Gasteiger partial charge in [-0.1, -0.05) is 206 Å². The molecule has 4 nitrogen and oxygen atoms in total. The Labute approximate surface area is 406 Å². The second-order valence-electron chi connectivity index (χ2n) is 18.3. The topological polar surface area (TPSA) is 41.7 Å². The average molecular weight is 905 g/mol. The number of amidine groups is 2. The van der Waals surface area contributed by atoms with Gasteiger partial charge in [0, 0.05) is 60.8 Å². The Balaban J connectivity index is 1.10. The van der Waals surface area contributed by atoms with Crippen LogP contribution in [0.5, 0.6) is 0 Å². The predicted molar refractivity (Wildman–Crippen MR) is 293 cm³/mol. The average Bonchev–Trinajstić information content (AvgIpc) is 3.91. The molecule has 2 aromatic heterocycles. The molecule has 13 rings (SSSR count). The maximum atomic E-state index is 5.50. The molecule has 4 unspecified atom stereocenters. The quantitative estimate of drug-likeness (QED) is 0.144. The van der Waals surface area contributed by atoms with E-state index < -0.39 is 0 Å². The van der Waals surface area contributed by atoms with Gasteiger partial charge >= 0.3 is 0 Å². The van der Waals surface area contributed by atoms with Crippen molar-refractivity contribution in [2.45, 2.75) is 25.9 Å². The van der Waals surface area contributed by atoms with Gasteiger partial charge in [-0.3, -0.25) is 0 Å². The molecular formula is C64H48N4S. The Morgan fingerprint density at radius 2 is 1.13 bits per heavy atom. The summed E-state index contributed by atoms with van der Waals surface area (Å²) in [5, 5.41) is 9.06. The first-order valence-corrected chi connectivity index (χ1v) is 24.9. The summed E-state index contributed by atoms with van der Waals surface area (Å²) in [5.41, 5.74) is 15.7. The van der Waals surface area contributed by atoms with Gasteiger partial charge in [0.05, 0.1) is 15.7 Å². The van der Waals surface area contributed by atoms with Crippen LogP contribution in [-0.4, -0.2) is 16.2 Å². The van der Waals surface area contributed by atoms with Crippen molar-refractivity contribution in [3.05, 3.63) is 252 Å². The molecule has 0 saturated heterocycles. The highest BCUT2D eigenvalue weighted by atomic mass is 32.1. The minimum atomic E-state index is -0.312. The number of para-hydroxylation sites is 1. The lowest BCUT2D eigenvalue weighted by Gasteiger charge is -2.28. The molecule has 10 aromatic rings. The number of benzene rings is 8. The molecule has 1 aliphatic heterocycles. The number of aromatic nitrogens is 1. The van der Waals surface area contributed by atoms with Gasteiger partial charge in [-0.25, -0.2) is 9.98 Å². The number of hydrogen-bond donors (Lipinski definition) is 1. The maximum absolute atomic E-state index is 5.50. The van der Waals surface area contributed by atoms with Crippen LogP contribution in [-0.2, 0) is 0 Å². The zero-order valence-electron chi connectivity index (χ0n) is 38.4. The summed E-state index contributed by atoms with van der Waals surface area (Å²) in [6, 6.07) is 73.3. The van der Waals surface area contributed by atoms with Crippen LogP contribution in [0.2, 0.25) is 0 Å². The first kappa shape index (κ1) is 41.1. The fourth-order valence-corrected chi connectivity index (χ4v) is 12.4. The summed E-state index contributed by atoms with van der Waals surface area (Å²) < 4.78 is 5.30. The van der Waals surface area contributed by atoms with Crippen LogP contribution in [0.4, 0.5) is 0 Å². The Morgan fingerprint density at radius 3 is 1.83 bits per heavy atom. The molecule has 1 N–H and O–H groups in total. The molecule has 4 atom stereocenters. The molecule has 5 heteroatoms. The van der Waals surface area contributed by atoms with Gasteiger partial charge in [0.1, 0.15) is 12.0 Å². The lowest BCUT2D eigenvalue weighted by Crippen LogP contribution is -2.35. The van der Waals surface area contributed by atoms with E-state index >= 15 is 0 Å². The van der Waals surface area contributed by atoms with Crippen molar-refractivity contribution in [3.63, 3.8) is 0 Å². The van der Waals surface area contributed by atoms with E-state index in [4.69, 9.17) is 9.98 Å². The molecule has 0 bridgehead atoms. The van der Waals surface area contributed by atoms with Crippen molar-refractivity contribution in [2.24, 2.45) is 21.8 Å². The summed E-state index contributed by atoms with van der Waals surface area (Å²) >= 11 is 1.91. The molecule has 69 heavy (non-hydrogen) atoms.